The summed E-state index contributed by atoms with van der Waals surface area (Å²) in [5.74, 6) is 9.36. The van der Waals surface area contributed by atoms with Gasteiger partial charge in [-0.3, -0.25) is 0 Å². The van der Waals surface area contributed by atoms with E-state index in [0.29, 0.717) is 0 Å². The molecule has 0 aromatic rings. The van der Waals surface area contributed by atoms with Crippen LogP contribution in [0.25, 0.3) is 0 Å². The first kappa shape index (κ1) is 12.2. The van der Waals surface area contributed by atoms with Gasteiger partial charge in [0.05, 0.1) is 0 Å². The molecular formula is CH4Cl2N4OPt+2. The van der Waals surface area contributed by atoms with Gasteiger partial charge in [0.2, 0.25) is 0 Å². The first-order chi connectivity index (χ1) is 3.55. The van der Waals surface area contributed by atoms with Gasteiger partial charge >= 0.3 is 27.1 Å². The molecule has 5 nitrogen and oxygen atoms in total. The molecular weight excluding hydrogens is 350 g/mol. The number of halogens is 2. The van der Waals surface area contributed by atoms with Gasteiger partial charge in [-0.2, -0.15) is 9.06 Å². The number of rotatable bonds is 0. The van der Waals surface area contributed by atoms with Gasteiger partial charge in [0.1, 0.15) is 0 Å². The normalized spacial score (nSPS) is 7.56. The SMILES string of the molecule is NN(Cl)C(=O)N(N)Cl.[Pt+2]. The number of nitrogens with zero attached hydrogens (tertiary/aromatic N) is 2. The second-order valence-electron chi connectivity index (χ2n) is 0.905. The van der Waals surface area contributed by atoms with E-state index < -0.39 is 6.03 Å². The van der Waals surface area contributed by atoms with Crippen molar-refractivity contribution in [1.82, 2.24) is 9.06 Å². The standard InChI is InChI=1S/CH4Cl2N4O.Pt/c2-6(4)1(8)7(3)5;/h4-5H2;/q;+2. The second kappa shape index (κ2) is 5.26. The molecule has 0 unspecified atom stereocenters. The second-order valence-corrected chi connectivity index (χ2v) is 1.63. The van der Waals surface area contributed by atoms with Crippen molar-refractivity contribution in [1.29, 1.82) is 0 Å². The maximum absolute atomic E-state index is 10.2. The van der Waals surface area contributed by atoms with E-state index in [9.17, 15) is 4.79 Å². The third-order valence-corrected chi connectivity index (χ3v) is 0.655. The van der Waals surface area contributed by atoms with E-state index in [2.05, 4.69) is 11.7 Å². The Balaban J connectivity index is 0. The molecule has 0 fully saturated rings. The van der Waals surface area contributed by atoms with Crippen LogP contribution in [0.3, 0.4) is 0 Å². The number of hydrazine groups is 2. The van der Waals surface area contributed by atoms with Crippen LogP contribution >= 0.6 is 23.6 Å². The van der Waals surface area contributed by atoms with Gasteiger partial charge < -0.3 is 0 Å². The van der Waals surface area contributed by atoms with Crippen LogP contribution in [-0.4, -0.2) is 15.1 Å². The topological polar surface area (TPSA) is 75.6 Å². The monoisotopic (exact) mass is 353 g/mol. The van der Waals surface area contributed by atoms with E-state index in [1.807, 2.05) is 0 Å². The van der Waals surface area contributed by atoms with Crippen LogP contribution in [0, 0.1) is 0 Å². The Morgan fingerprint density at radius 2 is 1.44 bits per heavy atom. The molecule has 0 atom stereocenters. The molecule has 0 aliphatic carbocycles. The molecule has 0 rings (SSSR count). The molecule has 0 heterocycles. The van der Waals surface area contributed by atoms with Crippen molar-refractivity contribution >= 4 is 29.6 Å². The predicted molar refractivity (Wildman–Crippen MR) is 29.2 cm³/mol. The summed E-state index contributed by atoms with van der Waals surface area (Å²) in [6, 6.07) is -0.895. The van der Waals surface area contributed by atoms with Crippen molar-refractivity contribution in [3.63, 3.8) is 0 Å². The largest absolute Gasteiger partial charge is 2.00 e. The molecule has 2 amide bonds. The quantitative estimate of drug-likeness (QED) is 0.273. The van der Waals surface area contributed by atoms with E-state index >= 15 is 0 Å². The minimum atomic E-state index is -0.895. The molecule has 0 bridgehead atoms. The third kappa shape index (κ3) is 4.93. The van der Waals surface area contributed by atoms with E-state index in [1.165, 1.54) is 0 Å². The van der Waals surface area contributed by atoms with Gasteiger partial charge in [-0.15, -0.1) is 0 Å². The minimum absolute atomic E-state index is 0. The molecule has 0 aliphatic heterocycles. The molecule has 0 radical (unpaired) electrons. The smallest absolute Gasteiger partial charge is 0.243 e. The molecule has 4 N–H and O–H groups in total. The molecule has 56 valence electrons. The summed E-state index contributed by atoms with van der Waals surface area (Å²) in [5.41, 5.74) is 0. The zero-order valence-electron chi connectivity index (χ0n) is 4.03. The number of hydrogen-bond donors (Lipinski definition) is 2. The fraction of sp³-hybridized carbons (Fsp3) is 0. The van der Waals surface area contributed by atoms with Crippen LogP contribution in [0.15, 0.2) is 0 Å². The van der Waals surface area contributed by atoms with Crippen molar-refractivity contribution in [2.24, 2.45) is 11.7 Å². The summed E-state index contributed by atoms with van der Waals surface area (Å²) >= 11 is 9.76. The van der Waals surface area contributed by atoms with E-state index in [-0.39, 0.29) is 30.1 Å². The van der Waals surface area contributed by atoms with Crippen LogP contribution in [0.4, 0.5) is 4.79 Å². The number of nitrogens with two attached hydrogens (primary N) is 2. The zero-order valence-corrected chi connectivity index (χ0v) is 7.81. The van der Waals surface area contributed by atoms with Gasteiger partial charge in [-0.25, -0.2) is 16.5 Å². The predicted octanol–water partition coefficient (Wildman–Crippen LogP) is -0.237. The Bertz CT molecular complexity index is 86.6. The first-order valence-electron chi connectivity index (χ1n) is 1.51. The molecule has 0 spiro atoms. The Morgan fingerprint density at radius 3 is 1.44 bits per heavy atom. The average Bonchev–Trinajstić information content (AvgIpc) is 1.64. The average molecular weight is 354 g/mol. The van der Waals surface area contributed by atoms with Gasteiger partial charge in [-0.05, 0) is 0 Å². The van der Waals surface area contributed by atoms with Gasteiger partial charge in [0.25, 0.3) is 0 Å². The molecule has 9 heavy (non-hydrogen) atoms. The summed E-state index contributed by atoms with van der Waals surface area (Å²) in [7, 11) is 0. The van der Waals surface area contributed by atoms with Crippen molar-refractivity contribution in [3.05, 3.63) is 0 Å². The van der Waals surface area contributed by atoms with Gasteiger partial charge in [0, 0.05) is 23.6 Å². The van der Waals surface area contributed by atoms with Crippen molar-refractivity contribution in [2.45, 2.75) is 0 Å². The minimum Gasteiger partial charge on any atom is -0.243 e. The number of hydrogen-bond acceptors (Lipinski definition) is 3. The fourth-order valence-electron chi connectivity index (χ4n) is 0.0913. The number of amides is 2. The number of urea groups is 1. The molecule has 0 saturated carbocycles. The van der Waals surface area contributed by atoms with Crippen molar-refractivity contribution < 1.29 is 25.9 Å². The Kier molecular flexibility index (Phi) is 7.11. The third-order valence-electron chi connectivity index (χ3n) is 0.365. The molecule has 0 saturated heterocycles. The van der Waals surface area contributed by atoms with Crippen LogP contribution in [0.5, 0.6) is 0 Å². The molecule has 8 heteroatoms. The van der Waals surface area contributed by atoms with E-state index in [4.69, 9.17) is 23.6 Å². The molecule has 0 aromatic carbocycles. The molecule has 0 aromatic heterocycles. The summed E-state index contributed by atoms with van der Waals surface area (Å²) in [5, 5.41) is 0. The summed E-state index contributed by atoms with van der Waals surface area (Å²) < 4.78 is 0.486. The van der Waals surface area contributed by atoms with Crippen LogP contribution in [0.2, 0.25) is 0 Å². The van der Waals surface area contributed by atoms with Gasteiger partial charge in [0.15, 0.2) is 0 Å². The van der Waals surface area contributed by atoms with Crippen molar-refractivity contribution in [2.75, 3.05) is 0 Å². The maximum Gasteiger partial charge on any atom is 2.00 e. The van der Waals surface area contributed by atoms with Crippen molar-refractivity contribution in [3.8, 4) is 0 Å². The summed E-state index contributed by atoms with van der Waals surface area (Å²) in [4.78, 5) is 10.2. The van der Waals surface area contributed by atoms with Crippen LogP contribution in [0.1, 0.15) is 0 Å². The van der Waals surface area contributed by atoms with E-state index in [1.54, 1.807) is 0 Å². The first-order valence-corrected chi connectivity index (χ1v) is 2.18. The number of carbonyl (C=O) groups is 1. The fourth-order valence-corrected chi connectivity index (χ4v) is 0.293. The Labute approximate surface area is 76.3 Å². The van der Waals surface area contributed by atoms with E-state index in [0.717, 1.165) is 0 Å². The van der Waals surface area contributed by atoms with Crippen LogP contribution < -0.4 is 11.7 Å². The maximum atomic E-state index is 10.2. The summed E-state index contributed by atoms with van der Waals surface area (Å²) in [6.07, 6.45) is 0. The Morgan fingerprint density at radius 1 is 1.22 bits per heavy atom. The summed E-state index contributed by atoms with van der Waals surface area (Å²) in [6.45, 7) is 0. The van der Waals surface area contributed by atoms with Crippen LogP contribution in [-0.2, 0) is 21.1 Å². The Hall–Kier alpha value is 0.458. The number of carbonyl (C=O) groups excluding carboxylic acids is 1. The molecule has 0 aliphatic rings. The zero-order chi connectivity index (χ0) is 6.73. The van der Waals surface area contributed by atoms with Gasteiger partial charge in [-0.1, -0.05) is 0 Å².